The summed E-state index contributed by atoms with van der Waals surface area (Å²) in [5.41, 5.74) is 7.77. The summed E-state index contributed by atoms with van der Waals surface area (Å²) >= 11 is -0.0905. The number of hydrogen-bond donors (Lipinski definition) is 14. The van der Waals surface area contributed by atoms with E-state index in [4.69, 9.17) is 23.8 Å². The number of nitrogens with zero attached hydrogens (tertiary/aromatic N) is 4. The van der Waals surface area contributed by atoms with E-state index in [2.05, 4.69) is 46.2 Å². The Morgan fingerprint density at radius 2 is 1.28 bits per heavy atom. The molecule has 3 aliphatic rings. The number of rotatable bonds is 23. The summed E-state index contributed by atoms with van der Waals surface area (Å²) in [6, 6.07) is 20.8. The number of nitrogens with one attached hydrogen (secondary N) is 5. The third-order valence-electron chi connectivity index (χ3n) is 16.9. The zero-order valence-electron chi connectivity index (χ0n) is 54.7. The van der Waals surface area contributed by atoms with Crippen LogP contribution in [0.2, 0.25) is 0 Å². The largest absolute Gasteiger partial charge is 1.00 e. The molecule has 0 aliphatic carbocycles. The summed E-state index contributed by atoms with van der Waals surface area (Å²) in [4.78, 5) is 115. The predicted molar refractivity (Wildman–Crippen MR) is 346 cm³/mol. The fraction of sp³-hybridized carbons (Fsp3) is 0.394. The third-order valence-corrected chi connectivity index (χ3v) is 17.3. The number of ether oxygens (including phenoxy) is 2. The van der Waals surface area contributed by atoms with Gasteiger partial charge in [-0.1, -0.05) is 55.5 Å². The average molecular weight is 1430 g/mol. The maximum absolute atomic E-state index is 14.7. The van der Waals surface area contributed by atoms with E-state index < -0.39 is 183 Å². The molecule has 13 unspecified atom stereocenters. The third kappa shape index (κ3) is 20.0. The number of benzene rings is 5. The molecule has 33 nitrogen and oxygen atoms in total. The van der Waals surface area contributed by atoms with Crippen molar-refractivity contribution in [3.63, 3.8) is 0 Å². The van der Waals surface area contributed by atoms with E-state index in [1.807, 2.05) is 78.9 Å². The molecule has 101 heavy (non-hydrogen) atoms. The number of primary amides is 1. The number of aliphatic hydroxyl groups excluding tert-OH is 7. The number of hydrogen-bond acceptors (Lipinski definition) is 26. The second-order valence-electron chi connectivity index (χ2n) is 24.2. The molecule has 14 atom stereocenters. The number of aliphatic hydroxyl groups is 7. The van der Waals surface area contributed by atoms with Gasteiger partial charge in [0.1, 0.15) is 60.0 Å². The van der Waals surface area contributed by atoms with Crippen LogP contribution in [0.5, 0.6) is 23.0 Å². The van der Waals surface area contributed by atoms with Crippen molar-refractivity contribution in [3.05, 3.63) is 132 Å². The monoisotopic (exact) mass is 1430 g/mol. The summed E-state index contributed by atoms with van der Waals surface area (Å²) in [6.45, 7) is 1.73. The molecule has 1 aromatic heterocycles. The topological polar surface area (TPSA) is 499 Å². The smallest absolute Gasteiger partial charge is 0.691 e. The Hall–Kier alpha value is -8.85. The van der Waals surface area contributed by atoms with Gasteiger partial charge in [-0.3, -0.25) is 43.4 Å². The van der Waals surface area contributed by atoms with Crippen LogP contribution in [0.25, 0.3) is 34.0 Å². The van der Waals surface area contributed by atoms with Gasteiger partial charge in [0.2, 0.25) is 53.1 Å². The van der Waals surface area contributed by atoms with Crippen LogP contribution in [-0.2, 0) is 42.9 Å². The Bertz CT molecular complexity index is 3830. The Morgan fingerprint density at radius 1 is 0.703 bits per heavy atom. The molecular weight excluding hydrogens is 1360 g/mol. The van der Waals surface area contributed by atoms with Crippen molar-refractivity contribution >= 4 is 59.6 Å². The van der Waals surface area contributed by atoms with Crippen molar-refractivity contribution in [3.8, 4) is 57.0 Å². The number of carbonyl (C=O) groups excluding carboxylic acids is 8. The van der Waals surface area contributed by atoms with E-state index in [9.17, 15) is 84.5 Å². The standard InChI is InChI=1S/C66H76N10O23S.Na/c1-33-31-76-54(55(33)83)62(90)68-30-41(78)27-45(69-58(86)37-12-16-39(17-13-37)64-74-73-63(96-64)38-14-10-35(11-15-38)36-18-21-44(22-19-36)95-25-7-6-24-94-43-8-4-3-5-9-43)59(87)70-51(34(2)77)65(91)75-32-42(79)28-46(75)60(88)72-53(61(89)71-52(66(76)92)48(81)29-50(67)82)57(85)56(84)40-20-23-47(80)49(26-40)97-100-99-98-93;/h3-5,8-23,26,33-34,41-42,45-46,48,51-57,77-81,83-85,93H,6-7,24-25,27-32H2,1-2H3,(H2,67,82)(H,68,90)(H,69,86)(H,70,87)(H,71,89)(H,72,88);/q;+1/p-1/t33?,34?,41?,42?,45-,46?,48?,51?,52?,53?,54?,55?,56?,57?;/m0./s1. The molecule has 0 spiro atoms. The van der Waals surface area contributed by atoms with Crippen LogP contribution in [0.15, 0.2) is 126 Å². The molecular formula is C66H75N10NaO23S. The van der Waals surface area contributed by atoms with E-state index in [1.54, 1.807) is 0 Å². The summed E-state index contributed by atoms with van der Waals surface area (Å²) in [7, 11) is 0. The molecule has 4 heterocycles. The fourth-order valence-corrected chi connectivity index (χ4v) is 11.8. The second-order valence-corrected chi connectivity index (χ2v) is 24.6. The van der Waals surface area contributed by atoms with E-state index in [0.29, 0.717) is 29.2 Å². The van der Waals surface area contributed by atoms with Gasteiger partial charge in [0.25, 0.3) is 18.2 Å². The van der Waals surface area contributed by atoms with Crippen LogP contribution in [0.4, 0.5) is 0 Å². The van der Waals surface area contributed by atoms with Crippen molar-refractivity contribution < 1.29 is 141 Å². The minimum Gasteiger partial charge on any atom is -0.691 e. The number of aromatic nitrogens is 2. The van der Waals surface area contributed by atoms with E-state index >= 15 is 0 Å². The molecule has 3 aliphatic heterocycles. The molecule has 0 saturated carbocycles. The molecule has 8 amide bonds. The first-order chi connectivity index (χ1) is 47.9. The van der Waals surface area contributed by atoms with Gasteiger partial charge in [-0.2, -0.15) is 0 Å². The zero-order valence-corrected chi connectivity index (χ0v) is 57.5. The normalized spacial score (nSPS) is 23.6. The Labute approximate surface area is 603 Å². The Kier molecular flexibility index (Phi) is 27.9. The molecule has 35 heteroatoms. The second kappa shape index (κ2) is 36.1. The summed E-state index contributed by atoms with van der Waals surface area (Å²) in [5.74, 6) is -10.4. The van der Waals surface area contributed by atoms with Crippen molar-refractivity contribution in [1.29, 1.82) is 0 Å². The number of nitrogens with two attached hydrogens (primary N) is 1. The number of para-hydroxylation sites is 1. The minimum atomic E-state index is -2.55. The zero-order chi connectivity index (χ0) is 71.9. The van der Waals surface area contributed by atoms with Crippen molar-refractivity contribution in [2.24, 2.45) is 11.7 Å². The quantitative estimate of drug-likeness (QED) is 0.00945. The molecule has 3 fully saturated rings. The van der Waals surface area contributed by atoms with Crippen molar-refractivity contribution in [2.75, 3.05) is 32.8 Å². The molecule has 0 bridgehead atoms. The van der Waals surface area contributed by atoms with Gasteiger partial charge >= 0.3 is 29.6 Å². The SMILES string of the molecule is CC(O)C1NC(=O)[C@@H](NC(=O)c2ccc(-c3nnc(-c4ccc(-c5ccc(OCCCCOc6ccccc6)cc5)cc4)o3)cc2)CC(O)CNC(=O)C2C(O)C(C)CN2C(=O)C(C(O)CC(N)=O)NC(=O)C(C(O)C(O)c2ccc(O)c(OSOO[O-])c2)NC(=O)C2CC(O)CN2C1=O.[Na+]. The maximum Gasteiger partial charge on any atom is 1.00 e. The van der Waals surface area contributed by atoms with Crippen LogP contribution >= 0.6 is 12.3 Å². The van der Waals surface area contributed by atoms with Crippen LogP contribution in [0.1, 0.15) is 68.0 Å². The fourth-order valence-electron chi connectivity index (χ4n) is 11.5. The van der Waals surface area contributed by atoms with Gasteiger partial charge < -0.3 is 106 Å². The van der Waals surface area contributed by atoms with Gasteiger partial charge in [0, 0.05) is 55.1 Å². The number of carbonyl (C=O) groups is 8. The number of amides is 8. The first-order valence-electron chi connectivity index (χ1n) is 31.6. The van der Waals surface area contributed by atoms with Gasteiger partial charge in [-0.05, 0) is 109 Å². The van der Waals surface area contributed by atoms with Crippen LogP contribution in [-0.4, -0.2) is 214 Å². The number of β-amino-alcohol motifs (C(OH)–C–C–N with tert-alkyl or cyclic N) is 1. The number of unbranched alkanes of at least 4 members (excludes halogenated alkanes) is 1. The minimum absolute atomic E-state index is 0. The first-order valence-corrected chi connectivity index (χ1v) is 32.3. The van der Waals surface area contributed by atoms with Crippen molar-refractivity contribution in [1.82, 2.24) is 46.6 Å². The van der Waals surface area contributed by atoms with Crippen LogP contribution < -0.4 is 80.8 Å². The van der Waals surface area contributed by atoms with Gasteiger partial charge in [0.05, 0.1) is 50.2 Å². The summed E-state index contributed by atoms with van der Waals surface area (Å²) < 4.78 is 26.8. The van der Waals surface area contributed by atoms with Crippen LogP contribution in [0.3, 0.4) is 0 Å². The van der Waals surface area contributed by atoms with Crippen LogP contribution in [0, 0.1) is 5.92 Å². The molecule has 0 radical (unpaired) electrons. The Morgan fingerprint density at radius 3 is 1.89 bits per heavy atom. The summed E-state index contributed by atoms with van der Waals surface area (Å²) in [6.07, 6.45) is -14.7. The summed E-state index contributed by atoms with van der Waals surface area (Å²) in [5, 5.41) is 124. The molecule has 534 valence electrons. The van der Waals surface area contributed by atoms with Gasteiger partial charge in [0.15, 0.2) is 11.5 Å². The Balaban J connectivity index is 0.0000130. The van der Waals surface area contributed by atoms with E-state index in [-0.39, 0.29) is 64.8 Å². The van der Waals surface area contributed by atoms with E-state index in [0.717, 1.165) is 65.5 Å². The predicted octanol–water partition coefficient (Wildman–Crippen LogP) is -4.50. The molecule has 3 saturated heterocycles. The number of fused-ring (bicyclic) bond motifs is 2. The molecule has 15 N–H and O–H groups in total. The number of phenolic OH excluding ortho intramolecular Hbond substituents is 1. The number of aromatic hydroxyl groups is 1. The molecule has 9 rings (SSSR count). The number of phenols is 1. The average Bonchev–Trinajstić information content (AvgIpc) is 1.70. The van der Waals surface area contributed by atoms with Gasteiger partial charge in [-0.15, -0.1) is 14.5 Å². The first kappa shape index (κ1) is 77.9. The maximum atomic E-state index is 14.7. The van der Waals surface area contributed by atoms with Crippen molar-refractivity contribution in [2.45, 2.75) is 125 Å². The molecule has 5 aromatic carbocycles. The van der Waals surface area contributed by atoms with E-state index in [1.165, 1.54) is 31.2 Å². The van der Waals surface area contributed by atoms with Gasteiger partial charge in [-0.25, -0.2) is 0 Å². The molecule has 6 aromatic rings.